The molecule has 1 heterocycles. The van der Waals surface area contributed by atoms with Crippen LogP contribution < -0.4 is 4.72 Å². The topological polar surface area (TPSA) is 96.6 Å². The van der Waals surface area contributed by atoms with Gasteiger partial charge in [0.25, 0.3) is 0 Å². The molecule has 0 spiro atoms. The van der Waals surface area contributed by atoms with Crippen LogP contribution in [0.2, 0.25) is 0 Å². The fourth-order valence-corrected chi connectivity index (χ4v) is 4.86. The van der Waals surface area contributed by atoms with Crippen LogP contribution in [-0.4, -0.2) is 25.0 Å². The van der Waals surface area contributed by atoms with Crippen LogP contribution in [0.1, 0.15) is 49.6 Å². The van der Waals surface area contributed by atoms with Crippen molar-refractivity contribution < 1.29 is 22.7 Å². The Labute approximate surface area is 125 Å². The lowest BCUT2D eigenvalue weighted by atomic mass is 9.84. The molecule has 0 aromatic carbocycles. The van der Waals surface area contributed by atoms with Crippen molar-refractivity contribution in [1.29, 1.82) is 0 Å². The summed E-state index contributed by atoms with van der Waals surface area (Å²) in [7, 11) is -3.82. The van der Waals surface area contributed by atoms with Crippen molar-refractivity contribution in [2.75, 3.05) is 0 Å². The van der Waals surface area contributed by atoms with Crippen molar-refractivity contribution in [1.82, 2.24) is 4.72 Å². The number of furan rings is 1. The van der Waals surface area contributed by atoms with Gasteiger partial charge in [-0.15, -0.1) is 0 Å². The normalized spacial score (nSPS) is 18.9. The summed E-state index contributed by atoms with van der Waals surface area (Å²) in [5, 5.41) is 8.83. The highest BCUT2D eigenvalue weighted by Crippen LogP contribution is 2.32. The van der Waals surface area contributed by atoms with Gasteiger partial charge in [0.1, 0.15) is 4.90 Å². The molecule has 0 atom stereocenters. The van der Waals surface area contributed by atoms with Crippen LogP contribution in [0.3, 0.4) is 0 Å². The Kier molecular flexibility index (Phi) is 4.27. The molecular formula is C12H16BrNO5S. The lowest BCUT2D eigenvalue weighted by molar-refractivity contribution is 0.0661. The van der Waals surface area contributed by atoms with E-state index in [0.29, 0.717) is 0 Å². The van der Waals surface area contributed by atoms with E-state index in [2.05, 4.69) is 20.7 Å². The summed E-state index contributed by atoms with van der Waals surface area (Å²) in [6.45, 7) is 1.87. The van der Waals surface area contributed by atoms with Gasteiger partial charge < -0.3 is 9.52 Å². The zero-order chi connectivity index (χ0) is 15.0. The van der Waals surface area contributed by atoms with Gasteiger partial charge in [0, 0.05) is 11.6 Å². The van der Waals surface area contributed by atoms with E-state index in [0.717, 1.165) is 38.2 Å². The molecule has 1 fully saturated rings. The number of carbonyl (C=O) groups is 1. The van der Waals surface area contributed by atoms with Gasteiger partial charge in [0.2, 0.25) is 15.8 Å². The third-order valence-corrected chi connectivity index (χ3v) is 5.99. The van der Waals surface area contributed by atoms with E-state index < -0.39 is 27.3 Å². The minimum Gasteiger partial charge on any atom is -0.475 e. The Morgan fingerprint density at radius 2 is 2.00 bits per heavy atom. The summed E-state index contributed by atoms with van der Waals surface area (Å²) >= 11 is 2.95. The van der Waals surface area contributed by atoms with Crippen LogP contribution >= 0.6 is 15.9 Å². The summed E-state index contributed by atoms with van der Waals surface area (Å²) in [5.41, 5.74) is -0.489. The molecule has 0 bridgehead atoms. The SMILES string of the molecule is CC1(NS(=O)(=O)c2cc(C(=O)O)oc2Br)CCCCC1. The van der Waals surface area contributed by atoms with Crippen LogP contribution in [0.15, 0.2) is 20.0 Å². The highest BCUT2D eigenvalue weighted by Gasteiger charge is 2.34. The van der Waals surface area contributed by atoms with Crippen LogP contribution in [0.4, 0.5) is 0 Å². The quantitative estimate of drug-likeness (QED) is 0.854. The van der Waals surface area contributed by atoms with Gasteiger partial charge in [0.15, 0.2) is 4.67 Å². The summed E-state index contributed by atoms with van der Waals surface area (Å²) in [5.74, 6) is -1.72. The number of hydrogen-bond donors (Lipinski definition) is 2. The van der Waals surface area contributed by atoms with Crippen molar-refractivity contribution in [3.8, 4) is 0 Å². The second-order valence-corrected chi connectivity index (χ2v) is 7.65. The predicted molar refractivity (Wildman–Crippen MR) is 75.2 cm³/mol. The van der Waals surface area contributed by atoms with Gasteiger partial charge in [-0.1, -0.05) is 19.3 Å². The van der Waals surface area contributed by atoms with Crippen LogP contribution in [0, 0.1) is 0 Å². The van der Waals surface area contributed by atoms with Gasteiger partial charge in [0.05, 0.1) is 0 Å². The Bertz CT molecular complexity index is 616. The van der Waals surface area contributed by atoms with E-state index in [-0.39, 0.29) is 9.56 Å². The Hall–Kier alpha value is -0.860. The zero-order valence-electron chi connectivity index (χ0n) is 11.0. The zero-order valence-corrected chi connectivity index (χ0v) is 13.4. The maximum Gasteiger partial charge on any atom is 0.371 e. The van der Waals surface area contributed by atoms with Crippen molar-refractivity contribution in [3.63, 3.8) is 0 Å². The summed E-state index contributed by atoms with van der Waals surface area (Å²) in [6, 6.07) is 1.01. The molecule has 0 radical (unpaired) electrons. The minimum absolute atomic E-state index is 0.0955. The predicted octanol–water partition coefficient (Wildman–Crippen LogP) is 2.74. The first-order chi connectivity index (χ1) is 9.23. The lowest BCUT2D eigenvalue weighted by Gasteiger charge is -2.33. The molecule has 0 aliphatic heterocycles. The average Bonchev–Trinajstić information content (AvgIpc) is 2.72. The molecule has 0 saturated heterocycles. The first-order valence-electron chi connectivity index (χ1n) is 6.30. The minimum atomic E-state index is -3.82. The van der Waals surface area contributed by atoms with Gasteiger partial charge in [-0.3, -0.25) is 0 Å². The molecule has 6 nitrogen and oxygen atoms in total. The number of sulfonamides is 1. The third-order valence-electron chi connectivity index (χ3n) is 3.49. The molecule has 1 aromatic heterocycles. The molecule has 1 aromatic rings. The number of hydrogen-bond acceptors (Lipinski definition) is 4. The van der Waals surface area contributed by atoms with Gasteiger partial charge in [-0.05, 0) is 35.7 Å². The number of rotatable bonds is 4. The molecule has 1 saturated carbocycles. The van der Waals surface area contributed by atoms with E-state index in [9.17, 15) is 13.2 Å². The van der Waals surface area contributed by atoms with Gasteiger partial charge in [-0.25, -0.2) is 17.9 Å². The summed E-state index contributed by atoms with van der Waals surface area (Å²) in [4.78, 5) is 10.6. The summed E-state index contributed by atoms with van der Waals surface area (Å²) < 4.78 is 32.2. The maximum absolute atomic E-state index is 12.4. The van der Waals surface area contributed by atoms with Crippen LogP contribution in [0.5, 0.6) is 0 Å². The fraction of sp³-hybridized carbons (Fsp3) is 0.583. The number of carboxylic acids is 1. The third kappa shape index (κ3) is 3.24. The molecule has 112 valence electrons. The second-order valence-electron chi connectivity index (χ2n) is 5.28. The number of carboxylic acid groups (broad SMARTS) is 1. The Balaban J connectivity index is 2.28. The van der Waals surface area contributed by atoms with Gasteiger partial charge >= 0.3 is 5.97 Å². The molecular weight excluding hydrogens is 350 g/mol. The number of nitrogens with one attached hydrogen (secondary N) is 1. The molecule has 0 unspecified atom stereocenters. The highest BCUT2D eigenvalue weighted by atomic mass is 79.9. The van der Waals surface area contributed by atoms with Crippen molar-refractivity contribution in [2.24, 2.45) is 0 Å². The molecule has 2 rings (SSSR count). The second kappa shape index (κ2) is 5.50. The number of aromatic carboxylic acids is 1. The standard InChI is InChI=1S/C12H16BrNO5S/c1-12(5-3-2-4-6-12)14-20(17,18)9-7-8(11(15)16)19-10(9)13/h7,14H,2-6H2,1H3,(H,15,16). The summed E-state index contributed by atoms with van der Waals surface area (Å²) in [6.07, 6.45) is 4.61. The first kappa shape index (κ1) is 15.5. The van der Waals surface area contributed by atoms with Crippen LogP contribution in [0.25, 0.3) is 0 Å². The van der Waals surface area contributed by atoms with E-state index in [1.807, 2.05) is 6.92 Å². The van der Waals surface area contributed by atoms with E-state index >= 15 is 0 Å². The molecule has 1 aliphatic rings. The van der Waals surface area contributed by atoms with E-state index in [1.165, 1.54) is 0 Å². The lowest BCUT2D eigenvalue weighted by Crippen LogP contribution is -2.47. The largest absolute Gasteiger partial charge is 0.475 e. The van der Waals surface area contributed by atoms with E-state index in [4.69, 9.17) is 9.52 Å². The van der Waals surface area contributed by atoms with E-state index in [1.54, 1.807) is 0 Å². The Morgan fingerprint density at radius 3 is 2.50 bits per heavy atom. The monoisotopic (exact) mass is 365 g/mol. The van der Waals surface area contributed by atoms with Gasteiger partial charge in [-0.2, -0.15) is 0 Å². The molecule has 2 N–H and O–H groups in total. The first-order valence-corrected chi connectivity index (χ1v) is 8.58. The molecule has 0 amide bonds. The van der Waals surface area contributed by atoms with Crippen LogP contribution in [-0.2, 0) is 10.0 Å². The van der Waals surface area contributed by atoms with Crippen molar-refractivity contribution >= 4 is 31.9 Å². The maximum atomic E-state index is 12.4. The fourth-order valence-electron chi connectivity index (χ4n) is 2.45. The average molecular weight is 366 g/mol. The molecule has 1 aliphatic carbocycles. The van der Waals surface area contributed by atoms with Crippen molar-refractivity contribution in [2.45, 2.75) is 49.5 Å². The smallest absolute Gasteiger partial charge is 0.371 e. The highest BCUT2D eigenvalue weighted by molar-refractivity contribution is 9.10. The van der Waals surface area contributed by atoms with Crippen molar-refractivity contribution in [3.05, 3.63) is 16.5 Å². The molecule has 20 heavy (non-hydrogen) atoms. The number of halogens is 1. The molecule has 8 heteroatoms. The Morgan fingerprint density at radius 1 is 1.40 bits per heavy atom.